The van der Waals surface area contributed by atoms with Crippen LogP contribution in [0, 0.1) is 5.92 Å². The fraction of sp³-hybridized carbons (Fsp3) is 1.00. The van der Waals surface area contributed by atoms with Gasteiger partial charge in [-0.05, 0) is 44.7 Å². The van der Waals surface area contributed by atoms with Crippen LogP contribution in [0.1, 0.15) is 44.9 Å². The molecule has 124 valence electrons. The molecule has 0 radical (unpaired) electrons. The van der Waals surface area contributed by atoms with E-state index in [0.717, 1.165) is 51.9 Å². The average molecular weight is 317 g/mol. The summed E-state index contributed by atoms with van der Waals surface area (Å²) < 4.78 is 26.7. The van der Waals surface area contributed by atoms with E-state index >= 15 is 0 Å². The second-order valence-corrected chi connectivity index (χ2v) is 8.53. The Balaban J connectivity index is 1.74. The normalized spacial score (nSPS) is 23.5. The third-order valence-electron chi connectivity index (χ3n) is 4.82. The molecule has 0 bridgehead atoms. The first-order chi connectivity index (χ1) is 10.1. The summed E-state index contributed by atoms with van der Waals surface area (Å²) in [5.41, 5.74) is 5.51. The van der Waals surface area contributed by atoms with E-state index in [0.29, 0.717) is 24.8 Å². The maximum absolute atomic E-state index is 12.5. The Bertz CT molecular complexity index is 386. The maximum atomic E-state index is 12.5. The first-order valence-corrected chi connectivity index (χ1v) is 10.1. The topological polar surface area (TPSA) is 66.6 Å². The van der Waals surface area contributed by atoms with Crippen molar-refractivity contribution in [2.45, 2.75) is 44.9 Å². The van der Waals surface area contributed by atoms with E-state index in [1.165, 1.54) is 19.3 Å². The summed E-state index contributed by atoms with van der Waals surface area (Å²) in [6, 6.07) is 0. The first kappa shape index (κ1) is 17.2. The molecule has 0 aromatic carbocycles. The Kier molecular flexibility index (Phi) is 6.92. The zero-order chi connectivity index (χ0) is 15.1. The van der Waals surface area contributed by atoms with Gasteiger partial charge in [-0.1, -0.05) is 19.3 Å². The number of hydrogen-bond donors (Lipinski definition) is 1. The zero-order valence-electron chi connectivity index (χ0n) is 13.2. The molecule has 5 nitrogen and oxygen atoms in total. The number of sulfonamides is 1. The fourth-order valence-corrected chi connectivity index (χ4v) is 5.33. The molecule has 1 aliphatic heterocycles. The van der Waals surface area contributed by atoms with Crippen LogP contribution in [-0.2, 0) is 10.0 Å². The lowest BCUT2D eigenvalue weighted by atomic mass is 9.91. The summed E-state index contributed by atoms with van der Waals surface area (Å²) in [7, 11) is -3.04. The Morgan fingerprint density at radius 1 is 0.952 bits per heavy atom. The molecule has 2 rings (SSSR count). The van der Waals surface area contributed by atoms with E-state index in [9.17, 15) is 8.42 Å². The minimum Gasteiger partial charge on any atom is -0.330 e. The van der Waals surface area contributed by atoms with Gasteiger partial charge in [0, 0.05) is 26.2 Å². The molecule has 0 aromatic rings. The molecule has 2 fully saturated rings. The SMILES string of the molecule is NCCCCN1CCN(S(=O)(=O)CC2CCCCC2)CC1. The summed E-state index contributed by atoms with van der Waals surface area (Å²) in [4.78, 5) is 2.36. The van der Waals surface area contributed by atoms with Crippen molar-refractivity contribution in [3.8, 4) is 0 Å². The first-order valence-electron chi connectivity index (χ1n) is 8.52. The largest absolute Gasteiger partial charge is 0.330 e. The van der Waals surface area contributed by atoms with Crippen LogP contribution in [0.5, 0.6) is 0 Å². The summed E-state index contributed by atoms with van der Waals surface area (Å²) in [6.07, 6.45) is 8.05. The fourth-order valence-electron chi connectivity index (χ4n) is 3.47. The van der Waals surface area contributed by atoms with Gasteiger partial charge in [0.2, 0.25) is 10.0 Å². The predicted octanol–water partition coefficient (Wildman–Crippen LogP) is 1.25. The van der Waals surface area contributed by atoms with Gasteiger partial charge < -0.3 is 10.6 Å². The monoisotopic (exact) mass is 317 g/mol. The minimum absolute atomic E-state index is 0.375. The minimum atomic E-state index is -3.04. The molecule has 0 atom stereocenters. The van der Waals surface area contributed by atoms with Crippen LogP contribution < -0.4 is 5.73 Å². The molecule has 0 amide bonds. The van der Waals surface area contributed by atoms with Crippen molar-refractivity contribution >= 4 is 10.0 Å². The Labute approximate surface area is 129 Å². The lowest BCUT2D eigenvalue weighted by Gasteiger charge is -2.35. The highest BCUT2D eigenvalue weighted by molar-refractivity contribution is 7.89. The molecular formula is C15H31N3O2S. The molecule has 1 aliphatic carbocycles. The molecule has 0 spiro atoms. The van der Waals surface area contributed by atoms with Gasteiger partial charge in [0.1, 0.15) is 0 Å². The zero-order valence-corrected chi connectivity index (χ0v) is 14.0. The van der Waals surface area contributed by atoms with Gasteiger partial charge in [0.05, 0.1) is 5.75 Å². The molecule has 0 aromatic heterocycles. The van der Waals surface area contributed by atoms with E-state index < -0.39 is 10.0 Å². The van der Waals surface area contributed by atoms with Gasteiger partial charge in [0.15, 0.2) is 0 Å². The average Bonchev–Trinajstić information content (AvgIpc) is 2.49. The highest BCUT2D eigenvalue weighted by Crippen LogP contribution is 2.26. The summed E-state index contributed by atoms with van der Waals surface area (Å²) in [5.74, 6) is 0.770. The number of nitrogens with zero attached hydrogens (tertiary/aromatic N) is 2. The maximum Gasteiger partial charge on any atom is 0.214 e. The van der Waals surface area contributed by atoms with Gasteiger partial charge in [-0.15, -0.1) is 0 Å². The Morgan fingerprint density at radius 3 is 2.24 bits per heavy atom. The van der Waals surface area contributed by atoms with Gasteiger partial charge in [-0.2, -0.15) is 4.31 Å². The second-order valence-electron chi connectivity index (χ2n) is 6.52. The predicted molar refractivity (Wildman–Crippen MR) is 86.7 cm³/mol. The van der Waals surface area contributed by atoms with Crippen LogP contribution in [0.3, 0.4) is 0 Å². The smallest absolute Gasteiger partial charge is 0.214 e. The standard InChI is InChI=1S/C15H31N3O2S/c16-8-4-5-9-17-10-12-18(13-11-17)21(19,20)14-15-6-2-1-3-7-15/h15H,1-14,16H2. The molecule has 21 heavy (non-hydrogen) atoms. The number of piperazine rings is 1. The number of hydrogen-bond acceptors (Lipinski definition) is 4. The van der Waals surface area contributed by atoms with Gasteiger partial charge in [-0.3, -0.25) is 0 Å². The van der Waals surface area contributed by atoms with Crippen molar-refractivity contribution in [3.05, 3.63) is 0 Å². The van der Waals surface area contributed by atoms with E-state index in [1.807, 2.05) is 0 Å². The van der Waals surface area contributed by atoms with E-state index in [1.54, 1.807) is 4.31 Å². The van der Waals surface area contributed by atoms with Crippen molar-refractivity contribution in [1.82, 2.24) is 9.21 Å². The molecule has 1 heterocycles. The van der Waals surface area contributed by atoms with Crippen molar-refractivity contribution in [2.24, 2.45) is 11.7 Å². The lowest BCUT2D eigenvalue weighted by Crippen LogP contribution is -2.50. The van der Waals surface area contributed by atoms with Crippen LogP contribution in [0.2, 0.25) is 0 Å². The van der Waals surface area contributed by atoms with Crippen LogP contribution in [0.15, 0.2) is 0 Å². The van der Waals surface area contributed by atoms with Gasteiger partial charge >= 0.3 is 0 Å². The Morgan fingerprint density at radius 2 is 1.62 bits per heavy atom. The van der Waals surface area contributed by atoms with E-state index in [-0.39, 0.29) is 0 Å². The van der Waals surface area contributed by atoms with Crippen molar-refractivity contribution in [2.75, 3.05) is 45.0 Å². The molecule has 1 saturated heterocycles. The summed E-state index contributed by atoms with van der Waals surface area (Å²) >= 11 is 0. The summed E-state index contributed by atoms with van der Waals surface area (Å²) in [5, 5.41) is 0. The third-order valence-corrected chi connectivity index (χ3v) is 6.87. The van der Waals surface area contributed by atoms with Gasteiger partial charge in [0.25, 0.3) is 0 Å². The van der Waals surface area contributed by atoms with E-state index in [4.69, 9.17) is 5.73 Å². The number of rotatable bonds is 7. The highest BCUT2D eigenvalue weighted by atomic mass is 32.2. The van der Waals surface area contributed by atoms with Crippen molar-refractivity contribution < 1.29 is 8.42 Å². The van der Waals surface area contributed by atoms with Crippen LogP contribution in [0.4, 0.5) is 0 Å². The lowest BCUT2D eigenvalue weighted by molar-refractivity contribution is 0.185. The third kappa shape index (κ3) is 5.51. The van der Waals surface area contributed by atoms with Crippen molar-refractivity contribution in [3.63, 3.8) is 0 Å². The summed E-state index contributed by atoms with van der Waals surface area (Å²) in [6.45, 7) is 4.86. The van der Waals surface area contributed by atoms with Crippen LogP contribution in [0.25, 0.3) is 0 Å². The van der Waals surface area contributed by atoms with E-state index in [2.05, 4.69) is 4.90 Å². The molecule has 1 saturated carbocycles. The number of nitrogens with two attached hydrogens (primary N) is 1. The van der Waals surface area contributed by atoms with Crippen molar-refractivity contribution in [1.29, 1.82) is 0 Å². The quantitative estimate of drug-likeness (QED) is 0.718. The highest BCUT2D eigenvalue weighted by Gasteiger charge is 2.29. The molecule has 2 aliphatic rings. The van der Waals surface area contributed by atoms with Crippen LogP contribution in [-0.4, -0.2) is 62.6 Å². The van der Waals surface area contributed by atoms with Crippen LogP contribution >= 0.6 is 0 Å². The molecule has 6 heteroatoms. The second kappa shape index (κ2) is 8.46. The molecular weight excluding hydrogens is 286 g/mol. The Hall–Kier alpha value is -0.170. The number of unbranched alkanes of at least 4 members (excludes halogenated alkanes) is 1. The molecule has 0 unspecified atom stereocenters. The molecule has 2 N–H and O–H groups in total. The van der Waals surface area contributed by atoms with Gasteiger partial charge in [-0.25, -0.2) is 8.42 Å².